The van der Waals surface area contributed by atoms with Gasteiger partial charge in [0, 0.05) is 0 Å². The predicted molar refractivity (Wildman–Crippen MR) is 75.4 cm³/mol. The van der Waals surface area contributed by atoms with Crippen molar-refractivity contribution < 1.29 is 19.8 Å². The Morgan fingerprint density at radius 2 is 1.25 bits per heavy atom. The molecule has 0 aromatic carbocycles. The standard InChI is InChI=1S/C16H26O4/c17-15(18)13-10-6-5-9-12(14(13)16(19)20)11-7-3-1-2-4-8-11/h11-14H,1-10H2,(H,17,18)(H,19,20). The molecule has 2 fully saturated rings. The number of carbonyl (C=O) groups is 2. The normalized spacial score (nSPS) is 33.1. The quantitative estimate of drug-likeness (QED) is 0.776. The molecule has 3 unspecified atom stereocenters. The van der Waals surface area contributed by atoms with Crippen LogP contribution in [0.2, 0.25) is 0 Å². The Morgan fingerprint density at radius 1 is 0.700 bits per heavy atom. The fourth-order valence-corrected chi connectivity index (χ4v) is 4.30. The molecule has 2 aliphatic carbocycles. The zero-order valence-electron chi connectivity index (χ0n) is 12.1. The summed E-state index contributed by atoms with van der Waals surface area (Å²) in [7, 11) is 0. The van der Waals surface area contributed by atoms with Gasteiger partial charge in [0.1, 0.15) is 0 Å². The van der Waals surface area contributed by atoms with Crippen molar-refractivity contribution in [3.05, 3.63) is 0 Å². The van der Waals surface area contributed by atoms with E-state index in [1.54, 1.807) is 0 Å². The summed E-state index contributed by atoms with van der Waals surface area (Å²) in [6, 6.07) is 0. The van der Waals surface area contributed by atoms with Gasteiger partial charge in [0.2, 0.25) is 0 Å². The van der Waals surface area contributed by atoms with Gasteiger partial charge in [-0.25, -0.2) is 0 Å². The SMILES string of the molecule is O=C(O)C1CCCCC(C2CCCCCC2)C1C(=O)O. The Balaban J connectivity index is 2.21. The van der Waals surface area contributed by atoms with Crippen molar-refractivity contribution in [2.24, 2.45) is 23.7 Å². The van der Waals surface area contributed by atoms with Crippen LogP contribution in [-0.4, -0.2) is 22.2 Å². The van der Waals surface area contributed by atoms with E-state index in [0.29, 0.717) is 12.3 Å². The van der Waals surface area contributed by atoms with Crippen LogP contribution in [0.1, 0.15) is 64.2 Å². The Morgan fingerprint density at radius 3 is 1.80 bits per heavy atom. The van der Waals surface area contributed by atoms with E-state index in [-0.39, 0.29) is 5.92 Å². The van der Waals surface area contributed by atoms with Crippen LogP contribution in [0.3, 0.4) is 0 Å². The van der Waals surface area contributed by atoms with Crippen molar-refractivity contribution in [1.82, 2.24) is 0 Å². The number of aliphatic carboxylic acids is 2. The van der Waals surface area contributed by atoms with Crippen molar-refractivity contribution in [3.8, 4) is 0 Å². The van der Waals surface area contributed by atoms with E-state index in [1.165, 1.54) is 25.7 Å². The molecule has 2 saturated carbocycles. The highest BCUT2D eigenvalue weighted by molar-refractivity contribution is 5.80. The van der Waals surface area contributed by atoms with Crippen molar-refractivity contribution in [3.63, 3.8) is 0 Å². The second-order valence-corrected chi connectivity index (χ2v) is 6.51. The molecule has 2 rings (SSSR count). The van der Waals surface area contributed by atoms with Gasteiger partial charge in [-0.05, 0) is 24.7 Å². The third kappa shape index (κ3) is 3.53. The summed E-state index contributed by atoms with van der Waals surface area (Å²) in [6.45, 7) is 0. The summed E-state index contributed by atoms with van der Waals surface area (Å²) in [5.41, 5.74) is 0. The van der Waals surface area contributed by atoms with Gasteiger partial charge in [-0.15, -0.1) is 0 Å². The van der Waals surface area contributed by atoms with Crippen LogP contribution in [0, 0.1) is 23.7 Å². The van der Waals surface area contributed by atoms with E-state index in [1.807, 2.05) is 0 Å². The first-order valence-corrected chi connectivity index (χ1v) is 8.07. The van der Waals surface area contributed by atoms with Crippen LogP contribution in [0.5, 0.6) is 0 Å². The molecular formula is C16H26O4. The molecule has 2 N–H and O–H groups in total. The third-order valence-corrected chi connectivity index (χ3v) is 5.31. The molecule has 0 bridgehead atoms. The Labute approximate surface area is 120 Å². The first kappa shape index (κ1) is 15.3. The lowest BCUT2D eigenvalue weighted by molar-refractivity contribution is -0.157. The van der Waals surface area contributed by atoms with Crippen molar-refractivity contribution in [2.45, 2.75) is 64.2 Å². The average Bonchev–Trinajstić information content (AvgIpc) is 2.78. The monoisotopic (exact) mass is 282 g/mol. The fourth-order valence-electron chi connectivity index (χ4n) is 4.30. The summed E-state index contributed by atoms with van der Waals surface area (Å²) in [6.07, 6.45) is 10.2. The van der Waals surface area contributed by atoms with Gasteiger partial charge in [0.05, 0.1) is 11.8 Å². The summed E-state index contributed by atoms with van der Waals surface area (Å²) >= 11 is 0. The molecule has 0 aromatic rings. The molecule has 0 aromatic heterocycles. The smallest absolute Gasteiger partial charge is 0.307 e. The number of rotatable bonds is 3. The molecule has 0 saturated heterocycles. The van der Waals surface area contributed by atoms with Gasteiger partial charge in [-0.3, -0.25) is 9.59 Å². The second-order valence-electron chi connectivity index (χ2n) is 6.51. The minimum atomic E-state index is -0.919. The molecule has 2 aliphatic rings. The number of hydrogen-bond acceptors (Lipinski definition) is 2. The lowest BCUT2D eigenvalue weighted by Gasteiger charge is -2.32. The molecule has 3 atom stereocenters. The molecule has 0 heterocycles. The highest BCUT2D eigenvalue weighted by Crippen LogP contribution is 2.42. The van der Waals surface area contributed by atoms with Gasteiger partial charge in [-0.2, -0.15) is 0 Å². The highest BCUT2D eigenvalue weighted by Gasteiger charge is 2.43. The van der Waals surface area contributed by atoms with Gasteiger partial charge < -0.3 is 10.2 Å². The van der Waals surface area contributed by atoms with E-state index in [4.69, 9.17) is 0 Å². The van der Waals surface area contributed by atoms with Crippen molar-refractivity contribution in [1.29, 1.82) is 0 Å². The topological polar surface area (TPSA) is 74.6 Å². The molecule has 0 amide bonds. The van der Waals surface area contributed by atoms with Gasteiger partial charge in [0.15, 0.2) is 0 Å². The highest BCUT2D eigenvalue weighted by atomic mass is 16.4. The summed E-state index contributed by atoms with van der Waals surface area (Å²) in [4.78, 5) is 23.2. The van der Waals surface area contributed by atoms with Crippen molar-refractivity contribution >= 4 is 11.9 Å². The van der Waals surface area contributed by atoms with Gasteiger partial charge in [-0.1, -0.05) is 51.4 Å². The molecule has 0 radical (unpaired) electrons. The van der Waals surface area contributed by atoms with Crippen molar-refractivity contribution in [2.75, 3.05) is 0 Å². The van der Waals surface area contributed by atoms with Gasteiger partial charge >= 0.3 is 11.9 Å². The summed E-state index contributed by atoms with van der Waals surface area (Å²) in [5.74, 6) is -2.71. The van der Waals surface area contributed by atoms with Crippen LogP contribution < -0.4 is 0 Å². The van der Waals surface area contributed by atoms with Crippen LogP contribution in [-0.2, 0) is 9.59 Å². The van der Waals surface area contributed by atoms with Crippen LogP contribution >= 0.6 is 0 Å². The average molecular weight is 282 g/mol. The van der Waals surface area contributed by atoms with E-state index in [0.717, 1.165) is 32.1 Å². The molecule has 4 heteroatoms. The number of carboxylic acids is 2. The number of hydrogen-bond donors (Lipinski definition) is 2. The van der Waals surface area contributed by atoms with Crippen LogP contribution in [0.25, 0.3) is 0 Å². The summed E-state index contributed by atoms with van der Waals surface area (Å²) < 4.78 is 0. The lowest BCUT2D eigenvalue weighted by Crippen LogP contribution is -2.37. The van der Waals surface area contributed by atoms with Crippen LogP contribution in [0.15, 0.2) is 0 Å². The molecule has 0 spiro atoms. The maximum absolute atomic E-state index is 11.7. The Bertz CT molecular complexity index is 344. The lowest BCUT2D eigenvalue weighted by atomic mass is 9.71. The van der Waals surface area contributed by atoms with E-state index in [9.17, 15) is 19.8 Å². The molecule has 20 heavy (non-hydrogen) atoms. The second kappa shape index (κ2) is 7.09. The minimum Gasteiger partial charge on any atom is -0.481 e. The van der Waals surface area contributed by atoms with E-state index < -0.39 is 23.8 Å². The molecule has 0 aliphatic heterocycles. The minimum absolute atomic E-state index is 0.0641. The third-order valence-electron chi connectivity index (χ3n) is 5.31. The predicted octanol–water partition coefficient (Wildman–Crippen LogP) is 3.55. The molecule has 4 nitrogen and oxygen atoms in total. The van der Waals surface area contributed by atoms with E-state index >= 15 is 0 Å². The Kier molecular flexibility index (Phi) is 5.44. The number of carboxylic acid groups (broad SMARTS) is 2. The fraction of sp³-hybridized carbons (Fsp3) is 0.875. The maximum Gasteiger partial charge on any atom is 0.307 e. The molecule has 114 valence electrons. The zero-order chi connectivity index (χ0) is 14.5. The largest absolute Gasteiger partial charge is 0.481 e. The first-order chi connectivity index (χ1) is 9.61. The Hall–Kier alpha value is -1.06. The van der Waals surface area contributed by atoms with Crippen LogP contribution in [0.4, 0.5) is 0 Å². The zero-order valence-corrected chi connectivity index (χ0v) is 12.1. The first-order valence-electron chi connectivity index (χ1n) is 8.07. The van der Waals surface area contributed by atoms with E-state index in [2.05, 4.69) is 0 Å². The molecular weight excluding hydrogens is 256 g/mol. The maximum atomic E-state index is 11.7. The van der Waals surface area contributed by atoms with Gasteiger partial charge in [0.25, 0.3) is 0 Å². The summed E-state index contributed by atoms with van der Waals surface area (Å²) in [5, 5.41) is 19.0.